The van der Waals surface area contributed by atoms with Gasteiger partial charge in [0.1, 0.15) is 0 Å². The van der Waals surface area contributed by atoms with Gasteiger partial charge in [0.05, 0.1) is 5.92 Å². The topological polar surface area (TPSA) is 32.3 Å². The lowest BCUT2D eigenvalue weighted by molar-refractivity contribution is -0.122. The van der Waals surface area contributed by atoms with Crippen molar-refractivity contribution in [1.29, 1.82) is 0 Å². The molecule has 3 nitrogen and oxygen atoms in total. The molecule has 2 unspecified atom stereocenters. The number of rotatable bonds is 2. The highest BCUT2D eigenvalue weighted by molar-refractivity contribution is 5.94. The van der Waals surface area contributed by atoms with Gasteiger partial charge in [-0.2, -0.15) is 0 Å². The Bertz CT molecular complexity index is 369. The summed E-state index contributed by atoms with van der Waals surface area (Å²) in [4.78, 5) is 14.1. The first-order valence-corrected chi connectivity index (χ1v) is 6.24. The molecule has 0 spiro atoms. The number of nitrogens with zero attached hydrogens (tertiary/aromatic N) is 1. The highest BCUT2D eigenvalue weighted by Gasteiger charge is 2.26. The minimum Gasteiger partial charge on any atom is -0.315 e. The number of carbonyl (C=O) groups is 1. The van der Waals surface area contributed by atoms with Crippen LogP contribution < -0.4 is 10.2 Å². The SMILES string of the molecule is CC1CCC(C(=O)N(C)c2ccccc2)CN1. The van der Waals surface area contributed by atoms with Crippen LogP contribution in [0.2, 0.25) is 0 Å². The zero-order valence-corrected chi connectivity index (χ0v) is 10.5. The molecule has 1 fully saturated rings. The predicted molar refractivity (Wildman–Crippen MR) is 70.0 cm³/mol. The summed E-state index contributed by atoms with van der Waals surface area (Å²) in [7, 11) is 1.86. The Hall–Kier alpha value is -1.35. The van der Waals surface area contributed by atoms with Gasteiger partial charge in [-0.3, -0.25) is 4.79 Å². The molecule has 2 rings (SSSR count). The van der Waals surface area contributed by atoms with Crippen LogP contribution in [0.5, 0.6) is 0 Å². The van der Waals surface area contributed by atoms with Gasteiger partial charge >= 0.3 is 0 Å². The third-order valence-electron chi connectivity index (χ3n) is 3.48. The zero-order valence-electron chi connectivity index (χ0n) is 10.5. The molecule has 0 radical (unpaired) electrons. The van der Waals surface area contributed by atoms with E-state index in [9.17, 15) is 4.79 Å². The lowest BCUT2D eigenvalue weighted by atomic mass is 9.94. The lowest BCUT2D eigenvalue weighted by Crippen LogP contribution is -2.44. The second-order valence-electron chi connectivity index (χ2n) is 4.82. The first-order valence-electron chi connectivity index (χ1n) is 6.24. The highest BCUT2D eigenvalue weighted by Crippen LogP contribution is 2.20. The van der Waals surface area contributed by atoms with Gasteiger partial charge in [0.2, 0.25) is 5.91 Å². The second kappa shape index (κ2) is 5.32. The van der Waals surface area contributed by atoms with Crippen LogP contribution in [0.15, 0.2) is 30.3 Å². The van der Waals surface area contributed by atoms with Crippen LogP contribution in [0, 0.1) is 5.92 Å². The summed E-state index contributed by atoms with van der Waals surface area (Å²) >= 11 is 0. The fourth-order valence-corrected chi connectivity index (χ4v) is 2.26. The van der Waals surface area contributed by atoms with Gasteiger partial charge in [-0.25, -0.2) is 0 Å². The smallest absolute Gasteiger partial charge is 0.231 e. The fourth-order valence-electron chi connectivity index (χ4n) is 2.26. The van der Waals surface area contributed by atoms with Crippen molar-refractivity contribution in [1.82, 2.24) is 5.32 Å². The Morgan fingerprint density at radius 3 is 2.59 bits per heavy atom. The first-order chi connectivity index (χ1) is 8.18. The van der Waals surface area contributed by atoms with Crippen molar-refractivity contribution in [3.8, 4) is 0 Å². The molecular formula is C14H20N2O. The third-order valence-corrected chi connectivity index (χ3v) is 3.48. The largest absolute Gasteiger partial charge is 0.315 e. The van der Waals surface area contributed by atoms with Gasteiger partial charge in [-0.15, -0.1) is 0 Å². The van der Waals surface area contributed by atoms with E-state index < -0.39 is 0 Å². The maximum atomic E-state index is 12.3. The van der Waals surface area contributed by atoms with Crippen LogP contribution in [0.1, 0.15) is 19.8 Å². The minimum atomic E-state index is 0.122. The Balaban J connectivity index is 2.00. The normalized spacial score (nSPS) is 24.4. The van der Waals surface area contributed by atoms with Crippen LogP contribution in [0.3, 0.4) is 0 Å². The average Bonchev–Trinajstić information content (AvgIpc) is 2.39. The van der Waals surface area contributed by atoms with E-state index in [1.807, 2.05) is 37.4 Å². The number of benzene rings is 1. The maximum absolute atomic E-state index is 12.3. The molecule has 1 amide bonds. The molecule has 1 heterocycles. The molecule has 1 N–H and O–H groups in total. The van der Waals surface area contributed by atoms with Gasteiger partial charge in [0, 0.05) is 25.3 Å². The standard InChI is InChI=1S/C14H20N2O/c1-11-8-9-12(10-15-11)14(17)16(2)13-6-4-3-5-7-13/h3-7,11-12,15H,8-10H2,1-2H3. The number of hydrogen-bond donors (Lipinski definition) is 1. The molecule has 1 saturated heterocycles. The van der Waals surface area contributed by atoms with E-state index in [-0.39, 0.29) is 11.8 Å². The zero-order chi connectivity index (χ0) is 12.3. The summed E-state index contributed by atoms with van der Waals surface area (Å²) in [5.41, 5.74) is 0.969. The van der Waals surface area contributed by atoms with Crippen LogP contribution in [-0.2, 0) is 4.79 Å². The van der Waals surface area contributed by atoms with E-state index in [0.29, 0.717) is 6.04 Å². The molecule has 2 atom stereocenters. The van der Waals surface area contributed by atoms with Crippen molar-refractivity contribution >= 4 is 11.6 Å². The number of hydrogen-bond acceptors (Lipinski definition) is 2. The predicted octanol–water partition coefficient (Wildman–Crippen LogP) is 2.04. The Kier molecular flexibility index (Phi) is 3.79. The molecule has 1 aromatic rings. The van der Waals surface area contributed by atoms with Crippen molar-refractivity contribution in [2.45, 2.75) is 25.8 Å². The fraction of sp³-hybridized carbons (Fsp3) is 0.500. The molecule has 1 aliphatic rings. The van der Waals surface area contributed by atoms with Gasteiger partial charge < -0.3 is 10.2 Å². The molecule has 0 bridgehead atoms. The summed E-state index contributed by atoms with van der Waals surface area (Å²) in [6, 6.07) is 10.4. The van der Waals surface area contributed by atoms with Crippen LogP contribution in [-0.4, -0.2) is 25.5 Å². The first kappa shape index (κ1) is 12.1. The molecule has 0 saturated carbocycles. The van der Waals surface area contributed by atoms with Gasteiger partial charge in [-0.05, 0) is 31.9 Å². The molecule has 17 heavy (non-hydrogen) atoms. The lowest BCUT2D eigenvalue weighted by Gasteiger charge is -2.30. The molecule has 1 aliphatic heterocycles. The number of piperidine rings is 1. The second-order valence-corrected chi connectivity index (χ2v) is 4.82. The van der Waals surface area contributed by atoms with E-state index in [2.05, 4.69) is 12.2 Å². The summed E-state index contributed by atoms with van der Waals surface area (Å²) in [6.45, 7) is 2.97. The summed E-state index contributed by atoms with van der Waals surface area (Å²) < 4.78 is 0. The number of carbonyl (C=O) groups excluding carboxylic acids is 1. The molecule has 1 aromatic carbocycles. The Morgan fingerprint density at radius 1 is 1.29 bits per heavy atom. The van der Waals surface area contributed by atoms with Crippen LogP contribution in [0.25, 0.3) is 0 Å². The number of nitrogens with one attached hydrogen (secondary N) is 1. The van der Waals surface area contributed by atoms with E-state index in [1.165, 1.54) is 0 Å². The Morgan fingerprint density at radius 2 is 2.00 bits per heavy atom. The summed E-state index contributed by atoms with van der Waals surface area (Å²) in [5.74, 6) is 0.340. The Labute approximate surface area is 103 Å². The monoisotopic (exact) mass is 232 g/mol. The quantitative estimate of drug-likeness (QED) is 0.846. The van der Waals surface area contributed by atoms with Crippen molar-refractivity contribution in [2.75, 3.05) is 18.5 Å². The van der Waals surface area contributed by atoms with Crippen molar-refractivity contribution in [3.05, 3.63) is 30.3 Å². The van der Waals surface area contributed by atoms with E-state index in [4.69, 9.17) is 0 Å². The molecule has 92 valence electrons. The number of para-hydroxylation sites is 1. The van der Waals surface area contributed by atoms with Crippen molar-refractivity contribution in [2.24, 2.45) is 5.92 Å². The summed E-state index contributed by atoms with van der Waals surface area (Å²) in [6.07, 6.45) is 2.07. The van der Waals surface area contributed by atoms with Crippen molar-refractivity contribution in [3.63, 3.8) is 0 Å². The minimum absolute atomic E-state index is 0.122. The molecule has 0 aromatic heterocycles. The maximum Gasteiger partial charge on any atom is 0.231 e. The van der Waals surface area contributed by atoms with E-state index in [0.717, 1.165) is 25.1 Å². The van der Waals surface area contributed by atoms with Gasteiger partial charge in [0.15, 0.2) is 0 Å². The number of anilines is 1. The summed E-state index contributed by atoms with van der Waals surface area (Å²) in [5, 5.41) is 3.37. The van der Waals surface area contributed by atoms with Crippen LogP contribution in [0.4, 0.5) is 5.69 Å². The number of amides is 1. The van der Waals surface area contributed by atoms with E-state index >= 15 is 0 Å². The van der Waals surface area contributed by atoms with Gasteiger partial charge in [0.25, 0.3) is 0 Å². The molecule has 3 heteroatoms. The van der Waals surface area contributed by atoms with Gasteiger partial charge in [-0.1, -0.05) is 18.2 Å². The third kappa shape index (κ3) is 2.86. The molecule has 0 aliphatic carbocycles. The van der Waals surface area contributed by atoms with Crippen LogP contribution >= 0.6 is 0 Å². The highest BCUT2D eigenvalue weighted by atomic mass is 16.2. The average molecular weight is 232 g/mol. The molecular weight excluding hydrogens is 212 g/mol. The van der Waals surface area contributed by atoms with E-state index in [1.54, 1.807) is 4.90 Å². The van der Waals surface area contributed by atoms with Crippen molar-refractivity contribution < 1.29 is 4.79 Å².